The molecular weight excluding hydrogens is 933 g/mol. The fourth-order valence-electron chi connectivity index (χ4n) is 13.8. The highest BCUT2D eigenvalue weighted by atomic mass is 16.3. The number of fused-ring (bicyclic) bond motifs is 14. The molecule has 0 amide bonds. The summed E-state index contributed by atoms with van der Waals surface area (Å²) < 4.78 is 16.1. The summed E-state index contributed by atoms with van der Waals surface area (Å²) in [6.45, 7) is 0. The third kappa shape index (κ3) is 6.92. The molecular formula is C68H56N6O2. The summed E-state index contributed by atoms with van der Waals surface area (Å²) in [7, 11) is 0. The Balaban J connectivity index is 0.893. The van der Waals surface area contributed by atoms with E-state index in [1.165, 1.54) is 72.6 Å². The van der Waals surface area contributed by atoms with Crippen LogP contribution in [0.5, 0.6) is 0 Å². The monoisotopic (exact) mass is 988 g/mol. The van der Waals surface area contributed by atoms with Gasteiger partial charge in [0.2, 0.25) is 0 Å². The van der Waals surface area contributed by atoms with Gasteiger partial charge in [-0.05, 0) is 165 Å². The molecule has 76 heavy (non-hydrogen) atoms. The number of nitrogens with one attached hydrogen (secondary N) is 1. The number of aryl methyl sites for hydroxylation is 1. The molecule has 4 aromatic heterocycles. The van der Waals surface area contributed by atoms with E-state index in [-0.39, 0.29) is 6.17 Å². The zero-order valence-electron chi connectivity index (χ0n) is 42.4. The maximum atomic E-state index is 6.86. The van der Waals surface area contributed by atoms with Gasteiger partial charge < -0.3 is 23.6 Å². The van der Waals surface area contributed by atoms with Crippen molar-refractivity contribution in [2.75, 3.05) is 4.90 Å². The number of amidine groups is 2. The lowest BCUT2D eigenvalue weighted by Gasteiger charge is -2.31. The van der Waals surface area contributed by atoms with E-state index in [1.807, 2.05) is 0 Å². The minimum Gasteiger partial charge on any atom is -0.460 e. The average Bonchev–Trinajstić information content (AvgIpc) is 4.37. The van der Waals surface area contributed by atoms with Crippen molar-refractivity contribution >= 4 is 96.4 Å². The molecule has 0 spiro atoms. The van der Waals surface area contributed by atoms with Crippen LogP contribution in [0.25, 0.3) is 84.4 Å². The molecule has 2 unspecified atom stereocenters. The minimum absolute atomic E-state index is 0.316. The summed E-state index contributed by atoms with van der Waals surface area (Å²) in [5, 5.41) is 11.1. The fourth-order valence-corrected chi connectivity index (χ4v) is 13.8. The lowest BCUT2D eigenvalue weighted by Crippen LogP contribution is -2.34. The molecule has 7 aliphatic rings. The highest BCUT2D eigenvalue weighted by Gasteiger charge is 2.42. The van der Waals surface area contributed by atoms with E-state index in [1.54, 1.807) is 0 Å². The van der Waals surface area contributed by atoms with Crippen molar-refractivity contribution in [3.8, 4) is 11.1 Å². The molecule has 1 N–H and O–H groups in total. The average molecular weight is 989 g/mol. The number of pyridine rings is 1. The van der Waals surface area contributed by atoms with Gasteiger partial charge in [-0.2, -0.15) is 0 Å². The second kappa shape index (κ2) is 17.6. The van der Waals surface area contributed by atoms with Gasteiger partial charge in [0, 0.05) is 90.5 Å². The normalized spacial score (nSPS) is 20.7. The number of allylic oxidation sites excluding steroid dienone is 7. The topological polar surface area (TPSA) is 84.1 Å². The van der Waals surface area contributed by atoms with E-state index in [0.717, 1.165) is 138 Å². The number of nitrogens with zero attached hydrogens (tertiary/aromatic N) is 5. The fraction of sp³-hybridized carbons (Fsp3) is 0.221. The van der Waals surface area contributed by atoms with Gasteiger partial charge in [-0.3, -0.25) is 4.98 Å². The maximum Gasteiger partial charge on any atom is 0.161 e. The standard InChI is InChI=1S/C68H56N6O2/c1-5-17-41(18-6-1)66-70-67(42-19-7-2-8-20-42)72-68(71-66)52-39-45(43-29-33-57-50(37-43)63-59(75-57)35-31-55-61(63)48-25-13-15-27-53(48)73(55)46-21-9-3-10-22-46)40-69-65(52)44-30-34-58-51(38-44)64-60(76-58)36-32-56-62(64)49-26-14-16-28-54(49)74(56)47-23-11-4-12-24-47/h1,4-6,9,11-12,14,16-19,21-25,27,29,31-33,35-40,49,54,66H,2-3,7-8,10,13,15,20,26,28,30,34H2,(H,70,71,72)/t49?,54-,66?/m0/s1. The van der Waals surface area contributed by atoms with E-state index in [4.69, 9.17) is 23.8 Å². The van der Waals surface area contributed by atoms with Gasteiger partial charge in [-0.15, -0.1) is 0 Å². The van der Waals surface area contributed by atoms with Gasteiger partial charge in [0.25, 0.3) is 0 Å². The SMILES string of the molecule is C1=CC(n2c3c(c4c5c(ccc42)oc2ccc(-c4cnc(C6=Cc7c(oc8ccc9c(c78)C7CC=CC[C@@H]7N9c7ccccc7)CC6)c(C6=NC(c7ccccc7)NC(C7=CCCCC7)=N6)c4)cc25)=CCCC=3)=CCC1. The summed E-state index contributed by atoms with van der Waals surface area (Å²) in [6.07, 6.45) is 35.2. The largest absolute Gasteiger partial charge is 0.460 e. The van der Waals surface area contributed by atoms with Gasteiger partial charge in [0.05, 0.1) is 11.2 Å². The van der Waals surface area contributed by atoms with Crippen LogP contribution < -0.4 is 20.8 Å². The van der Waals surface area contributed by atoms with Crippen molar-refractivity contribution in [3.05, 3.63) is 202 Å². The van der Waals surface area contributed by atoms with Gasteiger partial charge >= 0.3 is 0 Å². The molecule has 8 heteroatoms. The van der Waals surface area contributed by atoms with Crippen molar-refractivity contribution in [3.63, 3.8) is 0 Å². The summed E-state index contributed by atoms with van der Waals surface area (Å²) in [6, 6.07) is 39.8. The minimum atomic E-state index is -0.316. The molecule has 8 nitrogen and oxygen atoms in total. The van der Waals surface area contributed by atoms with Crippen LogP contribution in [-0.4, -0.2) is 27.3 Å². The van der Waals surface area contributed by atoms with Crippen LogP contribution in [0.15, 0.2) is 176 Å². The number of hydrogen-bond acceptors (Lipinski definition) is 7. The number of aromatic nitrogens is 2. The zero-order chi connectivity index (χ0) is 49.8. The Morgan fingerprint density at radius 3 is 2.37 bits per heavy atom. The third-order valence-corrected chi connectivity index (χ3v) is 17.3. The van der Waals surface area contributed by atoms with Crippen LogP contribution in [0.3, 0.4) is 0 Å². The smallest absolute Gasteiger partial charge is 0.161 e. The van der Waals surface area contributed by atoms with Crippen LogP contribution >= 0.6 is 0 Å². The maximum absolute atomic E-state index is 6.86. The van der Waals surface area contributed by atoms with Crippen molar-refractivity contribution in [1.29, 1.82) is 0 Å². The molecule has 0 radical (unpaired) electrons. The molecule has 370 valence electrons. The Bertz CT molecular complexity index is 4290. The van der Waals surface area contributed by atoms with Gasteiger partial charge in [0.1, 0.15) is 34.5 Å². The number of rotatable bonds is 7. The highest BCUT2D eigenvalue weighted by molar-refractivity contribution is 6.20. The van der Waals surface area contributed by atoms with E-state index in [0.29, 0.717) is 17.8 Å². The van der Waals surface area contributed by atoms with E-state index in [2.05, 4.69) is 185 Å². The Morgan fingerprint density at radius 2 is 1.49 bits per heavy atom. The van der Waals surface area contributed by atoms with Crippen LogP contribution in [0.2, 0.25) is 0 Å². The van der Waals surface area contributed by atoms with Gasteiger partial charge in [0.15, 0.2) is 5.84 Å². The lowest BCUT2D eigenvalue weighted by molar-refractivity contribution is 0.545. The molecule has 5 aromatic carbocycles. The molecule has 3 atom stereocenters. The van der Waals surface area contributed by atoms with E-state index >= 15 is 0 Å². The number of hydrogen-bond donors (Lipinski definition) is 1. The van der Waals surface area contributed by atoms with Crippen LogP contribution in [0.1, 0.15) is 116 Å². The predicted octanol–water partition coefficient (Wildman–Crippen LogP) is 15.3. The van der Waals surface area contributed by atoms with E-state index in [9.17, 15) is 0 Å². The molecule has 5 aliphatic carbocycles. The molecule has 16 rings (SSSR count). The zero-order valence-corrected chi connectivity index (χ0v) is 42.4. The van der Waals surface area contributed by atoms with Crippen LogP contribution in [0, 0.1) is 0 Å². The van der Waals surface area contributed by atoms with Gasteiger partial charge in [-0.25, -0.2) is 9.98 Å². The molecule has 6 heterocycles. The van der Waals surface area contributed by atoms with Crippen molar-refractivity contribution < 1.29 is 8.83 Å². The number of para-hydroxylation sites is 1. The van der Waals surface area contributed by atoms with Gasteiger partial charge in [-0.1, -0.05) is 97.1 Å². The molecule has 2 aliphatic heterocycles. The molecule has 0 bridgehead atoms. The first-order valence-corrected chi connectivity index (χ1v) is 27.7. The molecule has 0 fully saturated rings. The predicted molar refractivity (Wildman–Crippen MR) is 311 cm³/mol. The summed E-state index contributed by atoms with van der Waals surface area (Å²) in [5.41, 5.74) is 17.8. The first-order chi connectivity index (χ1) is 37.7. The first kappa shape index (κ1) is 43.9. The number of furan rings is 2. The van der Waals surface area contributed by atoms with E-state index < -0.39 is 0 Å². The Hall–Kier alpha value is -8.49. The van der Waals surface area contributed by atoms with Crippen molar-refractivity contribution in [2.24, 2.45) is 9.98 Å². The number of benzene rings is 5. The number of aliphatic imine (C=N–C) groups is 2. The highest BCUT2D eigenvalue weighted by Crippen LogP contribution is 2.54. The first-order valence-electron chi connectivity index (χ1n) is 27.7. The summed E-state index contributed by atoms with van der Waals surface area (Å²) in [5.74, 6) is 3.01. The Morgan fingerprint density at radius 1 is 0.645 bits per heavy atom. The lowest BCUT2D eigenvalue weighted by atomic mass is 9.83. The van der Waals surface area contributed by atoms with Crippen molar-refractivity contribution in [2.45, 2.75) is 95.2 Å². The summed E-state index contributed by atoms with van der Waals surface area (Å²) >= 11 is 0. The van der Waals surface area contributed by atoms with Crippen LogP contribution in [0.4, 0.5) is 11.4 Å². The second-order valence-corrected chi connectivity index (χ2v) is 21.6. The second-order valence-electron chi connectivity index (χ2n) is 21.6. The quantitative estimate of drug-likeness (QED) is 0.161. The number of anilines is 2. The third-order valence-electron chi connectivity index (χ3n) is 17.3. The Kier molecular flexibility index (Phi) is 10.1. The van der Waals surface area contributed by atoms with Crippen LogP contribution in [-0.2, 0) is 6.42 Å². The van der Waals surface area contributed by atoms with Crippen molar-refractivity contribution in [1.82, 2.24) is 14.9 Å². The molecule has 9 aromatic rings. The summed E-state index contributed by atoms with van der Waals surface area (Å²) in [4.78, 5) is 19.2. The molecule has 0 saturated heterocycles. The molecule has 0 saturated carbocycles. The Labute approximate surface area is 440 Å².